The summed E-state index contributed by atoms with van der Waals surface area (Å²) in [4.78, 5) is 4.58. The van der Waals surface area contributed by atoms with Crippen LogP contribution in [0.25, 0.3) is 0 Å². The summed E-state index contributed by atoms with van der Waals surface area (Å²) in [5.41, 5.74) is 0. The molecule has 1 rings (SSSR count). The number of rotatable bonds is 5. The summed E-state index contributed by atoms with van der Waals surface area (Å²) in [7, 11) is 10.3. The zero-order chi connectivity index (χ0) is 10.8. The van der Waals surface area contributed by atoms with E-state index < -0.39 is 0 Å². The number of hydrogen-bond donors (Lipinski definition) is 0. The normalized spacial score (nSPS) is 14.3. The van der Waals surface area contributed by atoms with Gasteiger partial charge in [0.05, 0.1) is 6.67 Å². The van der Waals surface area contributed by atoms with Gasteiger partial charge in [0.15, 0.2) is 0 Å². The number of hydrogen-bond acceptors (Lipinski definition) is 2. The van der Waals surface area contributed by atoms with Crippen LogP contribution in [0.15, 0.2) is 12.4 Å². The summed E-state index contributed by atoms with van der Waals surface area (Å²) < 4.78 is 0. The van der Waals surface area contributed by atoms with E-state index in [1.165, 1.54) is 32.2 Å². The monoisotopic (exact) mass is 238 g/mol. The lowest BCUT2D eigenvalue weighted by Gasteiger charge is -2.17. The third-order valence-corrected chi connectivity index (χ3v) is 2.24. The van der Waals surface area contributed by atoms with Gasteiger partial charge in [-0.05, 0) is 6.42 Å². The van der Waals surface area contributed by atoms with Crippen LogP contribution in [0, 0.1) is 0 Å². The van der Waals surface area contributed by atoms with Crippen molar-refractivity contribution in [2.45, 2.75) is 32.6 Å². The van der Waals surface area contributed by atoms with Crippen LogP contribution in [0.1, 0.15) is 32.6 Å². The topological polar surface area (TPSA) is 6.48 Å². The van der Waals surface area contributed by atoms with E-state index in [2.05, 4.69) is 57.9 Å². The van der Waals surface area contributed by atoms with Gasteiger partial charge in [0.2, 0.25) is 0 Å². The molecule has 0 radical (unpaired) electrons. The lowest BCUT2D eigenvalue weighted by Crippen LogP contribution is -2.23. The molecule has 1 heterocycles. The molecular weight excluding hydrogens is 219 g/mol. The van der Waals surface area contributed by atoms with Crippen LogP contribution in [0.5, 0.6) is 0 Å². The summed E-state index contributed by atoms with van der Waals surface area (Å²) in [5.74, 6) is 0. The molecule has 0 bridgehead atoms. The second-order valence-electron chi connectivity index (χ2n) is 3.57. The molecule has 1 aliphatic rings. The molecule has 4 heteroatoms. The highest BCUT2D eigenvalue weighted by atomic mass is 36.5. The Morgan fingerprint density at radius 3 is 2.36 bits per heavy atom. The average Bonchev–Trinajstić information content (AvgIpc) is 2.62. The molecule has 0 fully saturated rings. The van der Waals surface area contributed by atoms with E-state index in [9.17, 15) is 0 Å². The molecule has 0 amide bonds. The predicted octanol–water partition coefficient (Wildman–Crippen LogP) is 3.62. The Balaban J connectivity index is 0.000000791. The maximum absolute atomic E-state index is 4.11. The zero-order valence-electron chi connectivity index (χ0n) is 9.05. The van der Waals surface area contributed by atoms with Gasteiger partial charge in [-0.25, -0.2) is 0 Å². The highest BCUT2D eigenvalue weighted by molar-refractivity contribution is 6.85. The Labute approximate surface area is 97.1 Å². The fourth-order valence-corrected chi connectivity index (χ4v) is 1.48. The summed E-state index contributed by atoms with van der Waals surface area (Å²) in [5, 5.41) is 0. The van der Waals surface area contributed by atoms with Crippen molar-refractivity contribution >= 4 is 21.7 Å². The number of nitrogens with zero attached hydrogens (tertiary/aromatic N) is 2. The van der Waals surface area contributed by atoms with Crippen LogP contribution in [-0.2, 0) is 0 Å². The molecule has 14 heavy (non-hydrogen) atoms. The van der Waals surface area contributed by atoms with Gasteiger partial charge in [0.1, 0.15) is 0 Å². The van der Waals surface area contributed by atoms with Crippen LogP contribution < -0.4 is 0 Å². The average molecular weight is 239 g/mol. The van der Waals surface area contributed by atoms with Gasteiger partial charge in [0, 0.05) is 47.7 Å². The molecule has 0 aromatic carbocycles. The Hall–Kier alpha value is -0.0800. The summed E-state index contributed by atoms with van der Waals surface area (Å²) >= 11 is 0. The van der Waals surface area contributed by atoms with Crippen molar-refractivity contribution in [3.05, 3.63) is 12.4 Å². The quantitative estimate of drug-likeness (QED) is 0.676. The van der Waals surface area contributed by atoms with E-state index in [1.54, 1.807) is 0 Å². The maximum Gasteiger partial charge on any atom is 0.0890 e. The summed E-state index contributed by atoms with van der Waals surface area (Å²) in [6.45, 7) is 4.55. The van der Waals surface area contributed by atoms with Crippen molar-refractivity contribution < 1.29 is 0 Å². The van der Waals surface area contributed by atoms with Crippen molar-refractivity contribution in [2.24, 2.45) is 0 Å². The SMILES string of the molecule is CCCCCCN1C=CN(C)C1.ClCl. The van der Waals surface area contributed by atoms with Crippen LogP contribution in [0.3, 0.4) is 0 Å². The van der Waals surface area contributed by atoms with Gasteiger partial charge in [-0.3, -0.25) is 0 Å². The van der Waals surface area contributed by atoms with Gasteiger partial charge in [-0.15, -0.1) is 0 Å². The molecule has 0 saturated carbocycles. The first-order chi connectivity index (χ1) is 6.83. The minimum atomic E-state index is 1.08. The molecule has 0 aromatic rings. The van der Waals surface area contributed by atoms with Gasteiger partial charge < -0.3 is 9.80 Å². The van der Waals surface area contributed by atoms with Crippen LogP contribution in [0.4, 0.5) is 0 Å². The van der Waals surface area contributed by atoms with Crippen molar-refractivity contribution in [3.63, 3.8) is 0 Å². The molecule has 2 nitrogen and oxygen atoms in total. The fourth-order valence-electron chi connectivity index (χ4n) is 1.48. The van der Waals surface area contributed by atoms with Crippen LogP contribution in [0.2, 0.25) is 0 Å². The molecule has 0 atom stereocenters. The van der Waals surface area contributed by atoms with Gasteiger partial charge in [-0.2, -0.15) is 0 Å². The van der Waals surface area contributed by atoms with E-state index in [1.807, 2.05) is 0 Å². The zero-order valence-corrected chi connectivity index (χ0v) is 10.6. The summed E-state index contributed by atoms with van der Waals surface area (Å²) in [6, 6.07) is 0. The van der Waals surface area contributed by atoms with Crippen molar-refractivity contribution in [1.82, 2.24) is 9.80 Å². The lowest BCUT2D eigenvalue weighted by molar-refractivity contribution is 0.291. The van der Waals surface area contributed by atoms with E-state index >= 15 is 0 Å². The molecule has 0 aromatic heterocycles. The van der Waals surface area contributed by atoms with Crippen molar-refractivity contribution in [1.29, 1.82) is 0 Å². The van der Waals surface area contributed by atoms with Crippen molar-refractivity contribution in [2.75, 3.05) is 20.3 Å². The second-order valence-corrected chi connectivity index (χ2v) is 3.57. The first-order valence-electron chi connectivity index (χ1n) is 5.10. The fraction of sp³-hybridized carbons (Fsp3) is 0.800. The summed E-state index contributed by atoms with van der Waals surface area (Å²) in [6.07, 6.45) is 9.76. The molecule has 1 aliphatic heterocycles. The Morgan fingerprint density at radius 1 is 1.14 bits per heavy atom. The number of halogens is 2. The third kappa shape index (κ3) is 6.39. The Kier molecular flexibility index (Phi) is 9.42. The minimum absolute atomic E-state index is 1.08. The smallest absolute Gasteiger partial charge is 0.0890 e. The molecule has 0 N–H and O–H groups in total. The molecule has 0 saturated heterocycles. The van der Waals surface area contributed by atoms with Gasteiger partial charge in [0.25, 0.3) is 0 Å². The molecule has 0 aliphatic carbocycles. The van der Waals surface area contributed by atoms with Gasteiger partial charge in [-0.1, -0.05) is 26.2 Å². The molecular formula is C10H20Cl2N2. The Bertz CT molecular complexity index is 151. The van der Waals surface area contributed by atoms with E-state index in [4.69, 9.17) is 0 Å². The second kappa shape index (κ2) is 9.47. The molecule has 0 spiro atoms. The standard InChI is InChI=1S/C10H20N2.Cl2/c1-3-4-5-6-7-12-9-8-11(2)10-12;1-2/h8-9H,3-7,10H2,1-2H3;. The molecule has 84 valence electrons. The first kappa shape index (κ1) is 13.9. The number of unbranched alkanes of at least 4 members (excludes halogenated alkanes) is 3. The van der Waals surface area contributed by atoms with Crippen LogP contribution >= 0.6 is 21.7 Å². The lowest BCUT2D eigenvalue weighted by atomic mass is 10.2. The van der Waals surface area contributed by atoms with E-state index in [-0.39, 0.29) is 0 Å². The van der Waals surface area contributed by atoms with E-state index in [0.29, 0.717) is 0 Å². The molecule has 0 unspecified atom stereocenters. The van der Waals surface area contributed by atoms with Crippen LogP contribution in [-0.4, -0.2) is 30.1 Å². The van der Waals surface area contributed by atoms with Gasteiger partial charge >= 0.3 is 0 Å². The predicted molar refractivity (Wildman–Crippen MR) is 64.3 cm³/mol. The largest absolute Gasteiger partial charge is 0.362 e. The van der Waals surface area contributed by atoms with E-state index in [0.717, 1.165) is 6.67 Å². The third-order valence-electron chi connectivity index (χ3n) is 2.24. The highest BCUT2D eigenvalue weighted by Gasteiger charge is 2.06. The maximum atomic E-state index is 4.11. The Morgan fingerprint density at radius 2 is 1.86 bits per heavy atom. The van der Waals surface area contributed by atoms with Crippen molar-refractivity contribution in [3.8, 4) is 0 Å². The first-order valence-corrected chi connectivity index (χ1v) is 6.24. The minimum Gasteiger partial charge on any atom is -0.362 e. The highest BCUT2D eigenvalue weighted by Crippen LogP contribution is 2.06.